The van der Waals surface area contributed by atoms with Crippen molar-refractivity contribution in [2.24, 2.45) is 0 Å². The van der Waals surface area contributed by atoms with Gasteiger partial charge in [0, 0.05) is 0 Å². The fourth-order valence-electron chi connectivity index (χ4n) is 2.17. The van der Waals surface area contributed by atoms with Crippen molar-refractivity contribution in [3.63, 3.8) is 0 Å². The zero-order valence-electron chi connectivity index (χ0n) is 13.7. The lowest BCUT2D eigenvalue weighted by atomic mass is 10.1. The molecule has 4 atom stereocenters. The van der Waals surface area contributed by atoms with Gasteiger partial charge in [-0.2, -0.15) is 8.42 Å². The third kappa shape index (κ3) is 6.99. The number of hydrogen-bond acceptors (Lipinski definition) is 11. The fourth-order valence-corrected chi connectivity index (χ4v) is 2.17. The van der Waals surface area contributed by atoms with Gasteiger partial charge in [-0.15, -0.1) is 0 Å². The first-order valence-corrected chi connectivity index (χ1v) is 9.74. The average Bonchev–Trinajstić information content (AvgIpc) is 3.09. The van der Waals surface area contributed by atoms with E-state index in [1.807, 2.05) is 0 Å². The molecule has 2 aromatic rings. The number of nitrogens with two attached hydrogens (primary N) is 1. The van der Waals surface area contributed by atoms with Crippen molar-refractivity contribution >= 4 is 35.6 Å². The van der Waals surface area contributed by atoms with Gasteiger partial charge in [0.25, 0.3) is 0 Å². The normalized spacial score (nSPS) is 24.4. The Morgan fingerprint density at radius 2 is 1.71 bits per heavy atom. The van der Waals surface area contributed by atoms with E-state index in [1.54, 1.807) is 0 Å². The Kier molecular flexibility index (Phi) is 8.76. The van der Waals surface area contributed by atoms with Crippen molar-refractivity contribution in [2.45, 2.75) is 24.5 Å². The van der Waals surface area contributed by atoms with Crippen molar-refractivity contribution < 1.29 is 51.9 Å². The lowest BCUT2D eigenvalue weighted by Crippen LogP contribution is -2.33. The molecule has 16 nitrogen and oxygen atoms in total. The summed E-state index contributed by atoms with van der Waals surface area (Å²) in [6.07, 6.45) is -1.42. The summed E-state index contributed by atoms with van der Waals surface area (Å²) in [6, 6.07) is 0. The molecule has 2 aromatic heterocycles. The van der Waals surface area contributed by atoms with Gasteiger partial charge in [0.2, 0.25) is 0 Å². The first-order chi connectivity index (χ1) is 12.9. The molecule has 1 saturated heterocycles. The third-order valence-corrected chi connectivity index (χ3v) is 3.18. The molecule has 18 heteroatoms. The minimum Gasteiger partial charge on any atom is -0.394 e. The van der Waals surface area contributed by atoms with Gasteiger partial charge in [0.1, 0.15) is 30.2 Å². The summed E-state index contributed by atoms with van der Waals surface area (Å²) in [5.41, 5.74) is 6.44. The molecule has 0 saturated carbocycles. The molecule has 1 fully saturated rings. The number of aliphatic hydroxyl groups is 3. The van der Waals surface area contributed by atoms with Crippen LogP contribution < -0.4 is 5.73 Å². The average molecular weight is 447 g/mol. The Morgan fingerprint density at radius 3 is 2.18 bits per heavy atom. The number of rotatable bonds is 2. The van der Waals surface area contributed by atoms with Crippen molar-refractivity contribution in [3.05, 3.63) is 12.7 Å². The van der Waals surface area contributed by atoms with E-state index in [0.29, 0.717) is 11.2 Å². The summed E-state index contributed by atoms with van der Waals surface area (Å²) in [5, 5.41) is 28.7. The highest BCUT2D eigenvalue weighted by atomic mass is 32.3. The van der Waals surface area contributed by atoms with Gasteiger partial charge in [-0.25, -0.2) is 15.0 Å². The van der Waals surface area contributed by atoms with Crippen molar-refractivity contribution in [2.75, 3.05) is 12.3 Å². The lowest BCUT2D eigenvalue weighted by molar-refractivity contribution is -0.0511. The zero-order chi connectivity index (χ0) is 21.6. The summed E-state index contributed by atoms with van der Waals surface area (Å²) < 4.78 is 47.2. The first kappa shape index (κ1) is 24.2. The maximum absolute atomic E-state index is 9.95. The van der Waals surface area contributed by atoms with Crippen molar-refractivity contribution in [1.82, 2.24) is 19.5 Å². The summed E-state index contributed by atoms with van der Waals surface area (Å²) in [7, 11) is -7.80. The number of anilines is 1. The second-order valence-electron chi connectivity index (χ2n) is 5.04. The highest BCUT2D eigenvalue weighted by molar-refractivity contribution is 7.79. The van der Waals surface area contributed by atoms with E-state index >= 15 is 0 Å². The molecule has 0 aliphatic carbocycles. The van der Waals surface area contributed by atoms with Crippen LogP contribution in [0, 0.1) is 0 Å². The monoisotopic (exact) mass is 447 g/mol. The van der Waals surface area contributed by atoms with Gasteiger partial charge < -0.3 is 35.6 Å². The summed E-state index contributed by atoms with van der Waals surface area (Å²) in [4.78, 5) is 26.2. The molecular weight excluding hydrogens is 429 g/mol. The number of imidazole rings is 1. The van der Waals surface area contributed by atoms with Gasteiger partial charge in [0.05, 0.1) is 12.9 Å². The maximum Gasteiger partial charge on any atom is 0.394 e. The number of fused-ring (bicyclic) bond motifs is 1. The van der Waals surface area contributed by atoms with Crippen LogP contribution in [0.15, 0.2) is 12.7 Å². The molecule has 2 unspecified atom stereocenters. The molecule has 160 valence electrons. The Morgan fingerprint density at radius 1 is 1.18 bits per heavy atom. The van der Waals surface area contributed by atoms with E-state index in [4.69, 9.17) is 47.5 Å². The molecule has 1 aliphatic heterocycles. The van der Waals surface area contributed by atoms with E-state index in [-0.39, 0.29) is 5.82 Å². The molecule has 28 heavy (non-hydrogen) atoms. The number of aliphatic hydroxyl groups excluding tert-OH is 3. The minimum absolute atomic E-state index is 0.218. The Labute approximate surface area is 157 Å². The van der Waals surface area contributed by atoms with Gasteiger partial charge in [-0.05, 0) is 0 Å². The molecule has 0 aromatic carbocycles. The topological polar surface area (TPSA) is 272 Å². The van der Waals surface area contributed by atoms with E-state index in [2.05, 4.69) is 15.0 Å². The lowest BCUT2D eigenvalue weighted by Gasteiger charge is -2.16. The number of nitrogens with zero attached hydrogens (tertiary/aromatic N) is 4. The quantitative estimate of drug-likeness (QED) is 0.166. The molecule has 0 spiro atoms. The molecule has 3 heterocycles. The van der Waals surface area contributed by atoms with E-state index in [1.165, 1.54) is 17.2 Å². The van der Waals surface area contributed by atoms with Crippen molar-refractivity contribution in [1.29, 1.82) is 0 Å². The van der Waals surface area contributed by atoms with Gasteiger partial charge in [-0.3, -0.25) is 18.2 Å². The predicted molar refractivity (Wildman–Crippen MR) is 90.4 cm³/mol. The third-order valence-electron chi connectivity index (χ3n) is 3.18. The van der Waals surface area contributed by atoms with E-state index < -0.39 is 49.8 Å². The number of aromatic nitrogens is 4. The van der Waals surface area contributed by atoms with Crippen LogP contribution in [0.4, 0.5) is 5.82 Å². The Bertz CT molecular complexity index is 896. The maximum atomic E-state index is 9.95. The van der Waals surface area contributed by atoms with Crippen LogP contribution in [0.5, 0.6) is 0 Å². The Balaban J connectivity index is 0.000000369. The summed E-state index contributed by atoms with van der Waals surface area (Å²) in [6.45, 7) is -0.390. The van der Waals surface area contributed by atoms with Crippen LogP contribution in [0.1, 0.15) is 6.23 Å². The molecule has 9 N–H and O–H groups in total. The fraction of sp³-hybridized carbons (Fsp3) is 0.500. The van der Waals surface area contributed by atoms with Crippen LogP contribution in [0.3, 0.4) is 0 Å². The van der Waals surface area contributed by atoms with Crippen LogP contribution in [0.2, 0.25) is 0 Å². The molecule has 1 aliphatic rings. The minimum atomic E-state index is -4.67. The SMILES string of the molecule is Nc1ncnc2c1ncn2[C@@H]1O[C@H](CO)C(O)C1O.O=S(=O)(O)O.O=[PH](O)O. The number of ether oxygens (including phenoxy) is 1. The first-order valence-electron chi connectivity index (χ1n) is 7.04. The van der Waals surface area contributed by atoms with Crippen LogP contribution in [-0.4, -0.2) is 87.1 Å². The molecule has 3 rings (SSSR count). The predicted octanol–water partition coefficient (Wildman–Crippen LogP) is -3.27. The largest absolute Gasteiger partial charge is 0.394 e. The smallest absolute Gasteiger partial charge is 0.394 e. The van der Waals surface area contributed by atoms with Gasteiger partial charge in [0.15, 0.2) is 17.7 Å². The Hall–Kier alpha value is -1.79. The van der Waals surface area contributed by atoms with Crippen molar-refractivity contribution in [3.8, 4) is 0 Å². The highest BCUT2D eigenvalue weighted by Crippen LogP contribution is 2.31. The molecule has 0 bridgehead atoms. The zero-order valence-corrected chi connectivity index (χ0v) is 15.5. The van der Waals surface area contributed by atoms with Gasteiger partial charge in [-0.1, -0.05) is 0 Å². The van der Waals surface area contributed by atoms with Gasteiger partial charge >= 0.3 is 18.7 Å². The van der Waals surface area contributed by atoms with Crippen LogP contribution in [-0.2, 0) is 19.7 Å². The molecule has 0 amide bonds. The second-order valence-corrected chi connectivity index (χ2v) is 6.50. The van der Waals surface area contributed by atoms with Crippen LogP contribution in [0.25, 0.3) is 11.2 Å². The number of hydrogen-bond donors (Lipinski definition) is 8. The van der Waals surface area contributed by atoms with Crippen LogP contribution >= 0.6 is 8.25 Å². The highest BCUT2D eigenvalue weighted by Gasteiger charge is 2.43. The number of nitrogen functional groups attached to an aromatic ring is 1. The molecule has 0 radical (unpaired) electrons. The molecular formula is C10H18N5O11PS. The van der Waals surface area contributed by atoms with E-state index in [9.17, 15) is 10.2 Å². The second kappa shape index (κ2) is 10.1. The summed E-state index contributed by atoms with van der Waals surface area (Å²) >= 11 is 0. The summed E-state index contributed by atoms with van der Waals surface area (Å²) in [5.74, 6) is 0.218. The van der Waals surface area contributed by atoms with E-state index in [0.717, 1.165) is 0 Å². The standard InChI is InChI=1S/C10H13N5O4.H2O4S.H3O3P/c11-8-5-9(13-2-12-8)15(3-14-5)10-7(18)6(17)4(1-16)19-10;1-5(2,3)4;1-4(2)3/h2-4,6-7,10,16-18H,1H2,(H2,11,12,13);(H2,1,2,3,4);4H,(H2,1,2,3)/t4-,6?,7?,10-;;/m1../s1.